The Bertz CT molecular complexity index is 388. The Hall–Kier alpha value is -1.10. The van der Waals surface area contributed by atoms with Crippen LogP contribution < -0.4 is 10.6 Å². The maximum absolute atomic E-state index is 11.7. The first-order valence-electron chi connectivity index (χ1n) is 6.39. The van der Waals surface area contributed by atoms with Crippen LogP contribution in [0, 0.1) is 0 Å². The van der Waals surface area contributed by atoms with Crippen LogP contribution in [0.5, 0.6) is 0 Å². The number of carbonyl (C=O) groups excluding carboxylic acids is 1. The van der Waals surface area contributed by atoms with Gasteiger partial charge in [-0.3, -0.25) is 4.79 Å². The lowest BCUT2D eigenvalue weighted by molar-refractivity contribution is -0.120. The van der Waals surface area contributed by atoms with Gasteiger partial charge >= 0.3 is 0 Å². The average molecular weight is 312 g/mol. The molecule has 1 heterocycles. The van der Waals surface area contributed by atoms with Gasteiger partial charge in [-0.05, 0) is 40.9 Å². The molecular weight excluding hydrogens is 294 g/mol. The lowest BCUT2D eigenvalue weighted by atomic mass is 9.95. The zero-order valence-electron chi connectivity index (χ0n) is 10.3. The fourth-order valence-electron chi connectivity index (χ4n) is 2.18. The van der Waals surface area contributed by atoms with Crippen LogP contribution in [0.25, 0.3) is 0 Å². The number of carbonyl (C=O) groups is 1. The molecular formula is C13H18BrN3O. The van der Waals surface area contributed by atoms with Gasteiger partial charge in [0.15, 0.2) is 0 Å². The third-order valence-corrected chi connectivity index (χ3v) is 3.60. The van der Waals surface area contributed by atoms with Gasteiger partial charge in [0.25, 0.3) is 0 Å². The smallest absolute Gasteiger partial charge is 0.239 e. The van der Waals surface area contributed by atoms with Crippen molar-refractivity contribution in [2.75, 3.05) is 11.9 Å². The van der Waals surface area contributed by atoms with Crippen LogP contribution in [-0.2, 0) is 4.79 Å². The standard InChI is InChI=1S/C13H18BrN3O/c14-10-6-7-12(15-8-10)16-9-13(18)17-11-4-2-1-3-5-11/h6-8,11H,1-5,9H2,(H,15,16)(H,17,18). The van der Waals surface area contributed by atoms with E-state index in [0.717, 1.165) is 23.1 Å². The number of nitrogens with one attached hydrogen (secondary N) is 2. The van der Waals surface area contributed by atoms with Crippen molar-refractivity contribution in [2.24, 2.45) is 0 Å². The number of hydrogen-bond acceptors (Lipinski definition) is 3. The predicted octanol–water partition coefficient (Wildman–Crippen LogP) is 2.70. The molecule has 0 radical (unpaired) electrons. The van der Waals surface area contributed by atoms with Crippen LogP contribution in [-0.4, -0.2) is 23.5 Å². The van der Waals surface area contributed by atoms with Crippen LogP contribution in [0.4, 0.5) is 5.82 Å². The normalized spacial score (nSPS) is 16.3. The minimum atomic E-state index is 0.0478. The van der Waals surface area contributed by atoms with Crippen molar-refractivity contribution >= 4 is 27.7 Å². The molecule has 0 aliphatic heterocycles. The van der Waals surface area contributed by atoms with Gasteiger partial charge in [-0.2, -0.15) is 0 Å². The van der Waals surface area contributed by atoms with Gasteiger partial charge in [-0.1, -0.05) is 19.3 Å². The molecule has 1 amide bonds. The van der Waals surface area contributed by atoms with E-state index in [1.165, 1.54) is 19.3 Å². The second kappa shape index (κ2) is 6.73. The number of pyridine rings is 1. The molecule has 0 bridgehead atoms. The number of amides is 1. The van der Waals surface area contributed by atoms with Crippen LogP contribution in [0.2, 0.25) is 0 Å². The van der Waals surface area contributed by atoms with Crippen LogP contribution in [0.3, 0.4) is 0 Å². The van der Waals surface area contributed by atoms with Crippen molar-refractivity contribution in [3.05, 3.63) is 22.8 Å². The second-order valence-corrected chi connectivity index (χ2v) is 5.53. The lowest BCUT2D eigenvalue weighted by Gasteiger charge is -2.22. The molecule has 0 saturated heterocycles. The molecule has 1 aliphatic rings. The molecule has 1 saturated carbocycles. The summed E-state index contributed by atoms with van der Waals surface area (Å²) in [5, 5.41) is 6.08. The summed E-state index contributed by atoms with van der Waals surface area (Å²) < 4.78 is 0.930. The zero-order chi connectivity index (χ0) is 12.8. The topological polar surface area (TPSA) is 54.0 Å². The Morgan fingerprint density at radius 3 is 2.78 bits per heavy atom. The summed E-state index contributed by atoms with van der Waals surface area (Å²) >= 11 is 3.32. The number of rotatable bonds is 4. The Labute approximate surface area is 116 Å². The monoisotopic (exact) mass is 311 g/mol. The summed E-state index contributed by atoms with van der Waals surface area (Å²) in [6.45, 7) is 0.283. The number of nitrogens with zero attached hydrogens (tertiary/aromatic N) is 1. The van der Waals surface area contributed by atoms with Gasteiger partial charge in [-0.25, -0.2) is 4.98 Å². The zero-order valence-corrected chi connectivity index (χ0v) is 11.9. The van der Waals surface area contributed by atoms with E-state index < -0.39 is 0 Å². The Balaban J connectivity index is 1.72. The van der Waals surface area contributed by atoms with Crippen LogP contribution >= 0.6 is 15.9 Å². The van der Waals surface area contributed by atoms with Gasteiger partial charge in [0.2, 0.25) is 5.91 Å². The van der Waals surface area contributed by atoms with E-state index in [1.54, 1.807) is 6.20 Å². The molecule has 98 valence electrons. The largest absolute Gasteiger partial charge is 0.361 e. The summed E-state index contributed by atoms with van der Waals surface area (Å²) in [6.07, 6.45) is 7.69. The predicted molar refractivity (Wildman–Crippen MR) is 75.4 cm³/mol. The maximum atomic E-state index is 11.7. The van der Waals surface area contributed by atoms with E-state index in [1.807, 2.05) is 12.1 Å². The molecule has 5 heteroatoms. The van der Waals surface area contributed by atoms with Crippen molar-refractivity contribution in [3.63, 3.8) is 0 Å². The number of halogens is 1. The SMILES string of the molecule is O=C(CNc1ccc(Br)cn1)NC1CCCCC1. The summed E-state index contributed by atoms with van der Waals surface area (Å²) in [7, 11) is 0. The quantitative estimate of drug-likeness (QED) is 0.899. The summed E-state index contributed by atoms with van der Waals surface area (Å²) in [4.78, 5) is 15.9. The highest BCUT2D eigenvalue weighted by Gasteiger charge is 2.15. The maximum Gasteiger partial charge on any atom is 0.239 e. The first-order valence-corrected chi connectivity index (χ1v) is 7.18. The molecule has 0 unspecified atom stereocenters. The molecule has 0 atom stereocenters. The van der Waals surface area contributed by atoms with E-state index in [-0.39, 0.29) is 12.5 Å². The van der Waals surface area contributed by atoms with Gasteiger partial charge < -0.3 is 10.6 Å². The summed E-state index contributed by atoms with van der Waals surface area (Å²) in [5.74, 6) is 0.767. The molecule has 2 rings (SSSR count). The van der Waals surface area contributed by atoms with E-state index in [4.69, 9.17) is 0 Å². The Morgan fingerprint density at radius 1 is 1.33 bits per heavy atom. The van der Waals surface area contributed by atoms with Crippen molar-refractivity contribution in [1.82, 2.24) is 10.3 Å². The van der Waals surface area contributed by atoms with Gasteiger partial charge in [0.05, 0.1) is 6.54 Å². The van der Waals surface area contributed by atoms with E-state index in [0.29, 0.717) is 6.04 Å². The lowest BCUT2D eigenvalue weighted by Crippen LogP contribution is -2.39. The average Bonchev–Trinajstić information content (AvgIpc) is 2.39. The van der Waals surface area contributed by atoms with E-state index in [9.17, 15) is 4.79 Å². The second-order valence-electron chi connectivity index (χ2n) is 4.62. The summed E-state index contributed by atoms with van der Waals surface area (Å²) in [6, 6.07) is 4.11. The van der Waals surface area contributed by atoms with E-state index in [2.05, 4.69) is 31.5 Å². The fourth-order valence-corrected chi connectivity index (χ4v) is 2.41. The van der Waals surface area contributed by atoms with Crippen molar-refractivity contribution in [1.29, 1.82) is 0 Å². The van der Waals surface area contributed by atoms with Crippen LogP contribution in [0.15, 0.2) is 22.8 Å². The molecule has 0 spiro atoms. The molecule has 2 N–H and O–H groups in total. The molecule has 0 aromatic carbocycles. The Kier molecular flexibility index (Phi) is 4.99. The van der Waals surface area contributed by atoms with Crippen molar-refractivity contribution < 1.29 is 4.79 Å². The number of hydrogen-bond donors (Lipinski definition) is 2. The number of aromatic nitrogens is 1. The Morgan fingerprint density at radius 2 is 2.11 bits per heavy atom. The third kappa shape index (κ3) is 4.29. The third-order valence-electron chi connectivity index (χ3n) is 3.13. The van der Waals surface area contributed by atoms with Gasteiger partial charge in [0.1, 0.15) is 5.82 Å². The summed E-state index contributed by atoms with van der Waals surface area (Å²) in [5.41, 5.74) is 0. The first-order chi connectivity index (χ1) is 8.74. The molecule has 1 aromatic heterocycles. The van der Waals surface area contributed by atoms with Crippen molar-refractivity contribution in [2.45, 2.75) is 38.1 Å². The number of anilines is 1. The minimum Gasteiger partial charge on any atom is -0.361 e. The highest BCUT2D eigenvalue weighted by atomic mass is 79.9. The highest BCUT2D eigenvalue weighted by Crippen LogP contribution is 2.17. The molecule has 1 fully saturated rings. The van der Waals surface area contributed by atoms with Crippen LogP contribution in [0.1, 0.15) is 32.1 Å². The molecule has 1 aliphatic carbocycles. The minimum absolute atomic E-state index is 0.0478. The molecule has 18 heavy (non-hydrogen) atoms. The van der Waals surface area contributed by atoms with Crippen molar-refractivity contribution in [3.8, 4) is 0 Å². The van der Waals surface area contributed by atoms with E-state index >= 15 is 0 Å². The molecule has 1 aromatic rings. The van der Waals surface area contributed by atoms with Gasteiger partial charge in [0, 0.05) is 16.7 Å². The fraction of sp³-hybridized carbons (Fsp3) is 0.538. The van der Waals surface area contributed by atoms with Gasteiger partial charge in [-0.15, -0.1) is 0 Å². The highest BCUT2D eigenvalue weighted by molar-refractivity contribution is 9.10. The molecule has 4 nitrogen and oxygen atoms in total. The first kappa shape index (κ1) is 13.3.